The van der Waals surface area contributed by atoms with E-state index in [1.165, 1.54) is 18.2 Å². The summed E-state index contributed by atoms with van der Waals surface area (Å²) in [7, 11) is -3.65. The number of benzene rings is 1. The van der Waals surface area contributed by atoms with Crippen molar-refractivity contribution in [2.45, 2.75) is 30.7 Å². The molecule has 1 aliphatic heterocycles. The van der Waals surface area contributed by atoms with Gasteiger partial charge in [-0.3, -0.25) is 0 Å². The Morgan fingerprint density at radius 2 is 2.20 bits per heavy atom. The van der Waals surface area contributed by atoms with Crippen LogP contribution in [0.15, 0.2) is 29.2 Å². The van der Waals surface area contributed by atoms with Gasteiger partial charge < -0.3 is 5.32 Å². The smallest absolute Gasteiger partial charge is 0.240 e. The molecule has 1 saturated heterocycles. The van der Waals surface area contributed by atoms with Crippen LogP contribution in [0.4, 0.5) is 4.39 Å². The van der Waals surface area contributed by atoms with Crippen molar-refractivity contribution in [2.24, 2.45) is 5.92 Å². The van der Waals surface area contributed by atoms with E-state index in [1.807, 2.05) is 6.92 Å². The zero-order chi connectivity index (χ0) is 13.9. The van der Waals surface area contributed by atoms with Crippen LogP contribution in [-0.2, 0) is 10.0 Å². The van der Waals surface area contributed by atoms with E-state index in [0.29, 0.717) is 0 Å². The summed E-state index contributed by atoms with van der Waals surface area (Å²) >= 11 is 0. The average molecular weight is 323 g/mol. The van der Waals surface area contributed by atoms with Crippen molar-refractivity contribution in [1.82, 2.24) is 10.0 Å². The Hall–Kier alpha value is -0.690. The van der Waals surface area contributed by atoms with Crippen LogP contribution in [0.2, 0.25) is 0 Å². The van der Waals surface area contributed by atoms with Gasteiger partial charge in [-0.25, -0.2) is 17.5 Å². The summed E-state index contributed by atoms with van der Waals surface area (Å²) in [5.74, 6) is -0.271. The first-order chi connectivity index (χ1) is 8.99. The molecular weight excluding hydrogens is 303 g/mol. The van der Waals surface area contributed by atoms with E-state index in [4.69, 9.17) is 0 Å². The van der Waals surface area contributed by atoms with Crippen LogP contribution >= 0.6 is 12.4 Å². The van der Waals surface area contributed by atoms with Crippen molar-refractivity contribution >= 4 is 22.4 Å². The van der Waals surface area contributed by atoms with Crippen LogP contribution in [0.3, 0.4) is 0 Å². The molecule has 0 radical (unpaired) electrons. The summed E-state index contributed by atoms with van der Waals surface area (Å²) < 4.78 is 40.0. The fraction of sp³-hybridized carbons (Fsp3) is 0.538. The fourth-order valence-corrected chi connectivity index (χ4v) is 3.69. The van der Waals surface area contributed by atoms with Gasteiger partial charge in [0.1, 0.15) is 5.82 Å². The second-order valence-corrected chi connectivity index (χ2v) is 6.69. The molecule has 4 nitrogen and oxygen atoms in total. The minimum absolute atomic E-state index is 0. The molecule has 0 bridgehead atoms. The van der Waals surface area contributed by atoms with Crippen LogP contribution in [0.1, 0.15) is 19.8 Å². The Kier molecular flexibility index (Phi) is 6.39. The topological polar surface area (TPSA) is 58.2 Å². The zero-order valence-corrected chi connectivity index (χ0v) is 12.9. The minimum atomic E-state index is -3.65. The quantitative estimate of drug-likeness (QED) is 0.890. The third-order valence-electron chi connectivity index (χ3n) is 3.49. The van der Waals surface area contributed by atoms with Gasteiger partial charge in [-0.05, 0) is 57.0 Å². The second-order valence-electron chi connectivity index (χ2n) is 4.97. The van der Waals surface area contributed by atoms with E-state index in [1.54, 1.807) is 0 Å². The lowest BCUT2D eigenvalue weighted by Gasteiger charge is -2.28. The SMILES string of the molecule is CC(NS(=O)(=O)c1cccc(F)c1)C1CCCNC1.Cl. The molecule has 0 spiro atoms. The molecule has 0 amide bonds. The van der Waals surface area contributed by atoms with Crippen LogP contribution < -0.4 is 10.0 Å². The molecule has 1 aromatic carbocycles. The molecule has 1 fully saturated rings. The van der Waals surface area contributed by atoms with Crippen molar-refractivity contribution in [1.29, 1.82) is 0 Å². The fourth-order valence-electron chi connectivity index (χ4n) is 2.35. The summed E-state index contributed by atoms with van der Waals surface area (Å²) in [4.78, 5) is -0.0249. The van der Waals surface area contributed by atoms with E-state index in [0.717, 1.165) is 32.0 Å². The highest BCUT2D eigenvalue weighted by Crippen LogP contribution is 2.17. The number of hydrogen-bond acceptors (Lipinski definition) is 3. The molecule has 2 atom stereocenters. The standard InChI is InChI=1S/C13H19FN2O2S.ClH/c1-10(11-4-3-7-15-9-11)16-19(17,18)13-6-2-5-12(14)8-13;/h2,5-6,8,10-11,15-16H,3-4,7,9H2,1H3;1H. The lowest BCUT2D eigenvalue weighted by atomic mass is 9.94. The van der Waals surface area contributed by atoms with Gasteiger partial charge in [0.25, 0.3) is 0 Å². The van der Waals surface area contributed by atoms with Crippen molar-refractivity contribution in [2.75, 3.05) is 13.1 Å². The monoisotopic (exact) mass is 322 g/mol. The number of piperidine rings is 1. The Labute approximate surface area is 125 Å². The molecule has 0 aliphatic carbocycles. The van der Waals surface area contributed by atoms with Crippen molar-refractivity contribution in [3.63, 3.8) is 0 Å². The Morgan fingerprint density at radius 1 is 1.45 bits per heavy atom. The third-order valence-corrected chi connectivity index (χ3v) is 5.05. The highest BCUT2D eigenvalue weighted by molar-refractivity contribution is 7.89. The average Bonchev–Trinajstić information content (AvgIpc) is 2.39. The third kappa shape index (κ3) is 4.41. The summed E-state index contributed by atoms with van der Waals surface area (Å²) in [6, 6.07) is 4.90. The molecule has 0 aromatic heterocycles. The van der Waals surface area contributed by atoms with Gasteiger partial charge in [0, 0.05) is 6.04 Å². The Morgan fingerprint density at radius 3 is 2.80 bits per heavy atom. The highest BCUT2D eigenvalue weighted by Gasteiger charge is 2.25. The van der Waals surface area contributed by atoms with Crippen LogP contribution in [0, 0.1) is 11.7 Å². The maximum atomic E-state index is 13.1. The summed E-state index contributed by atoms with van der Waals surface area (Å²) in [6.07, 6.45) is 2.05. The van der Waals surface area contributed by atoms with Crippen LogP contribution in [-0.4, -0.2) is 27.5 Å². The van der Waals surface area contributed by atoms with Gasteiger partial charge >= 0.3 is 0 Å². The predicted molar refractivity (Wildman–Crippen MR) is 79.0 cm³/mol. The summed E-state index contributed by atoms with van der Waals surface area (Å²) in [5.41, 5.74) is 0. The number of rotatable bonds is 4. The molecule has 20 heavy (non-hydrogen) atoms. The predicted octanol–water partition coefficient (Wildman–Crippen LogP) is 1.91. The lowest BCUT2D eigenvalue weighted by Crippen LogP contribution is -2.44. The largest absolute Gasteiger partial charge is 0.316 e. The molecule has 2 unspecified atom stereocenters. The zero-order valence-electron chi connectivity index (χ0n) is 11.3. The van der Waals surface area contributed by atoms with Gasteiger partial charge in [-0.15, -0.1) is 12.4 Å². The maximum absolute atomic E-state index is 13.1. The first-order valence-corrected chi connectivity index (χ1v) is 7.96. The normalized spacial score (nSPS) is 21.0. The molecule has 1 aromatic rings. The van der Waals surface area contributed by atoms with Gasteiger partial charge in [-0.2, -0.15) is 0 Å². The van der Waals surface area contributed by atoms with E-state index in [2.05, 4.69) is 10.0 Å². The number of sulfonamides is 1. The van der Waals surface area contributed by atoms with E-state index < -0.39 is 15.8 Å². The highest BCUT2D eigenvalue weighted by atomic mass is 35.5. The number of hydrogen-bond donors (Lipinski definition) is 2. The van der Waals surface area contributed by atoms with Gasteiger partial charge in [0.05, 0.1) is 4.90 Å². The van der Waals surface area contributed by atoms with E-state index in [9.17, 15) is 12.8 Å². The van der Waals surface area contributed by atoms with Crippen molar-refractivity contribution in [3.05, 3.63) is 30.1 Å². The van der Waals surface area contributed by atoms with Gasteiger partial charge in [0.15, 0.2) is 0 Å². The second kappa shape index (κ2) is 7.36. The molecule has 2 N–H and O–H groups in total. The maximum Gasteiger partial charge on any atom is 0.240 e. The van der Waals surface area contributed by atoms with E-state index >= 15 is 0 Å². The lowest BCUT2D eigenvalue weighted by molar-refractivity contribution is 0.320. The Balaban J connectivity index is 0.00000200. The molecule has 1 heterocycles. The molecule has 2 rings (SSSR count). The molecular formula is C13H20ClFN2O2S. The van der Waals surface area contributed by atoms with Crippen molar-refractivity contribution < 1.29 is 12.8 Å². The van der Waals surface area contributed by atoms with Gasteiger partial charge in [-0.1, -0.05) is 6.07 Å². The summed E-state index contributed by atoms with van der Waals surface area (Å²) in [5, 5.41) is 3.26. The first kappa shape index (κ1) is 17.4. The number of halogens is 2. The molecule has 1 aliphatic rings. The molecule has 0 saturated carbocycles. The Bertz CT molecular complexity index is 533. The molecule has 7 heteroatoms. The molecule has 114 valence electrons. The van der Waals surface area contributed by atoms with E-state index in [-0.39, 0.29) is 29.3 Å². The first-order valence-electron chi connectivity index (χ1n) is 6.47. The van der Waals surface area contributed by atoms with Crippen molar-refractivity contribution in [3.8, 4) is 0 Å². The van der Waals surface area contributed by atoms with Crippen LogP contribution in [0.5, 0.6) is 0 Å². The summed E-state index contributed by atoms with van der Waals surface area (Å²) in [6.45, 7) is 3.65. The minimum Gasteiger partial charge on any atom is -0.316 e. The van der Waals surface area contributed by atoms with Crippen LogP contribution in [0.25, 0.3) is 0 Å². The number of nitrogens with one attached hydrogen (secondary N) is 2. The van der Waals surface area contributed by atoms with Gasteiger partial charge in [0.2, 0.25) is 10.0 Å².